The van der Waals surface area contributed by atoms with Crippen LogP contribution in [0.25, 0.3) is 0 Å². The highest BCUT2D eigenvalue weighted by atomic mass is 16.5. The summed E-state index contributed by atoms with van der Waals surface area (Å²) in [6.45, 7) is 2.25. The average Bonchev–Trinajstić information content (AvgIpc) is 3.15. The summed E-state index contributed by atoms with van der Waals surface area (Å²) in [6, 6.07) is 10.4. The molecule has 0 aliphatic carbocycles. The number of aromatic nitrogens is 2. The quantitative estimate of drug-likeness (QED) is 0.818. The Bertz CT molecular complexity index is 521. The maximum Gasteiger partial charge on any atom is 0.243 e. The summed E-state index contributed by atoms with van der Waals surface area (Å²) in [4.78, 5) is 4.42. The summed E-state index contributed by atoms with van der Waals surface area (Å²) < 4.78 is 10.9. The summed E-state index contributed by atoms with van der Waals surface area (Å²) in [6.07, 6.45) is 2.93. The Morgan fingerprint density at radius 1 is 1.30 bits per heavy atom. The Labute approximate surface area is 118 Å². The fourth-order valence-corrected chi connectivity index (χ4v) is 2.33. The van der Waals surface area contributed by atoms with Gasteiger partial charge in [0.1, 0.15) is 0 Å². The third-order valence-corrected chi connectivity index (χ3v) is 3.42. The minimum Gasteiger partial charge on any atom is -0.376 e. The van der Waals surface area contributed by atoms with Crippen molar-refractivity contribution in [3.8, 4) is 0 Å². The molecule has 2 heterocycles. The third-order valence-electron chi connectivity index (χ3n) is 3.42. The van der Waals surface area contributed by atoms with Gasteiger partial charge in [-0.2, -0.15) is 4.98 Å². The van der Waals surface area contributed by atoms with E-state index in [4.69, 9.17) is 9.26 Å². The molecule has 3 rings (SSSR count). The molecule has 0 amide bonds. The summed E-state index contributed by atoms with van der Waals surface area (Å²) in [5, 5.41) is 7.35. The second-order valence-electron chi connectivity index (χ2n) is 4.99. The first-order chi connectivity index (χ1) is 9.92. The van der Waals surface area contributed by atoms with Gasteiger partial charge < -0.3 is 14.6 Å². The molecule has 1 aromatic heterocycles. The smallest absolute Gasteiger partial charge is 0.243 e. The normalized spacial score (nSPS) is 18.5. The van der Waals surface area contributed by atoms with Gasteiger partial charge in [-0.1, -0.05) is 35.5 Å². The fraction of sp³-hybridized carbons (Fsp3) is 0.467. The van der Waals surface area contributed by atoms with Crippen molar-refractivity contribution in [1.29, 1.82) is 0 Å². The summed E-state index contributed by atoms with van der Waals surface area (Å²) in [5.41, 5.74) is 1.18. The van der Waals surface area contributed by atoms with E-state index in [1.807, 2.05) is 18.2 Å². The molecule has 1 saturated heterocycles. The largest absolute Gasteiger partial charge is 0.376 e. The van der Waals surface area contributed by atoms with Gasteiger partial charge in [-0.25, -0.2) is 0 Å². The van der Waals surface area contributed by atoms with Crippen LogP contribution < -0.4 is 5.32 Å². The van der Waals surface area contributed by atoms with Gasteiger partial charge in [0.2, 0.25) is 5.89 Å². The van der Waals surface area contributed by atoms with E-state index in [1.54, 1.807) is 0 Å². The van der Waals surface area contributed by atoms with Crippen molar-refractivity contribution in [1.82, 2.24) is 15.5 Å². The van der Waals surface area contributed by atoms with E-state index >= 15 is 0 Å². The molecule has 1 atom stereocenters. The molecule has 1 aliphatic heterocycles. The van der Waals surface area contributed by atoms with Crippen molar-refractivity contribution in [3.05, 3.63) is 47.6 Å². The number of ether oxygens (including phenoxy) is 1. The van der Waals surface area contributed by atoms with E-state index in [1.165, 1.54) is 12.0 Å². The minimum absolute atomic E-state index is 0.237. The van der Waals surface area contributed by atoms with E-state index in [-0.39, 0.29) is 6.04 Å². The van der Waals surface area contributed by atoms with Crippen LogP contribution in [0.3, 0.4) is 0 Å². The van der Waals surface area contributed by atoms with Crippen molar-refractivity contribution in [2.24, 2.45) is 0 Å². The van der Waals surface area contributed by atoms with Gasteiger partial charge in [-0.3, -0.25) is 0 Å². The predicted octanol–water partition coefficient (Wildman–Crippen LogP) is 2.25. The number of hydrogen-bond donors (Lipinski definition) is 1. The highest BCUT2D eigenvalue weighted by Crippen LogP contribution is 2.21. The summed E-state index contributed by atoms with van der Waals surface area (Å²) in [7, 11) is 0. The lowest BCUT2D eigenvalue weighted by molar-refractivity contribution is 0.122. The monoisotopic (exact) mass is 273 g/mol. The number of nitrogens with zero attached hydrogens (tertiary/aromatic N) is 2. The van der Waals surface area contributed by atoms with Crippen LogP contribution in [0.1, 0.15) is 36.2 Å². The van der Waals surface area contributed by atoms with Crippen LogP contribution in [0, 0.1) is 0 Å². The lowest BCUT2D eigenvalue weighted by Gasteiger charge is -2.02. The zero-order valence-corrected chi connectivity index (χ0v) is 11.4. The summed E-state index contributed by atoms with van der Waals surface area (Å²) in [5.74, 6) is 1.43. The second-order valence-corrected chi connectivity index (χ2v) is 4.99. The number of benzene rings is 1. The number of nitrogens with one attached hydrogen (secondary N) is 1. The number of rotatable bonds is 6. The van der Waals surface area contributed by atoms with Crippen LogP contribution in [-0.2, 0) is 17.8 Å². The first kappa shape index (κ1) is 13.3. The van der Waals surface area contributed by atoms with Gasteiger partial charge in [-0.05, 0) is 24.9 Å². The Hall–Kier alpha value is -1.72. The van der Waals surface area contributed by atoms with Crippen LogP contribution in [0.15, 0.2) is 34.9 Å². The third kappa shape index (κ3) is 3.43. The maximum atomic E-state index is 5.62. The molecule has 1 unspecified atom stereocenters. The average molecular weight is 273 g/mol. The Balaban J connectivity index is 1.42. The first-order valence-electron chi connectivity index (χ1n) is 7.09. The molecule has 1 aliphatic rings. The zero-order chi connectivity index (χ0) is 13.6. The van der Waals surface area contributed by atoms with E-state index in [0.717, 1.165) is 18.8 Å². The predicted molar refractivity (Wildman–Crippen MR) is 74.1 cm³/mol. The maximum absolute atomic E-state index is 5.62. The van der Waals surface area contributed by atoms with E-state index < -0.39 is 0 Å². The van der Waals surface area contributed by atoms with Gasteiger partial charge in [0, 0.05) is 6.42 Å². The molecule has 5 nitrogen and oxygen atoms in total. The highest BCUT2D eigenvalue weighted by molar-refractivity contribution is 5.13. The van der Waals surface area contributed by atoms with Crippen LogP contribution in [0.2, 0.25) is 0 Å². The van der Waals surface area contributed by atoms with Crippen molar-refractivity contribution < 1.29 is 9.26 Å². The van der Waals surface area contributed by atoms with Crippen LogP contribution >= 0.6 is 0 Å². The Kier molecular flexibility index (Phi) is 4.40. The molecule has 1 fully saturated rings. The van der Waals surface area contributed by atoms with Crippen molar-refractivity contribution in [2.75, 3.05) is 13.2 Å². The van der Waals surface area contributed by atoms with Crippen molar-refractivity contribution in [2.45, 2.75) is 31.9 Å². The lowest BCUT2D eigenvalue weighted by Crippen LogP contribution is -2.13. The lowest BCUT2D eigenvalue weighted by atomic mass is 10.2. The first-order valence-corrected chi connectivity index (χ1v) is 7.09. The van der Waals surface area contributed by atoms with Crippen LogP contribution in [0.5, 0.6) is 0 Å². The van der Waals surface area contributed by atoms with Crippen LogP contribution in [-0.4, -0.2) is 23.3 Å². The Morgan fingerprint density at radius 3 is 3.00 bits per heavy atom. The number of hydrogen-bond acceptors (Lipinski definition) is 5. The van der Waals surface area contributed by atoms with Gasteiger partial charge >= 0.3 is 0 Å². The SMILES string of the molecule is c1ccc(COCCc2noc(C3CCCN3)n2)cc1. The highest BCUT2D eigenvalue weighted by Gasteiger charge is 2.22. The van der Waals surface area contributed by atoms with Gasteiger partial charge in [0.05, 0.1) is 19.3 Å². The molecular formula is C15H19N3O2. The topological polar surface area (TPSA) is 60.2 Å². The van der Waals surface area contributed by atoms with E-state index in [0.29, 0.717) is 25.5 Å². The fourth-order valence-electron chi connectivity index (χ4n) is 2.33. The standard InChI is InChI=1S/C15H19N3O2/c1-2-5-12(6-3-1)11-19-10-8-14-17-15(20-18-14)13-7-4-9-16-13/h1-3,5-6,13,16H,4,7-11H2. The van der Waals surface area contributed by atoms with Crippen molar-refractivity contribution >= 4 is 0 Å². The molecule has 5 heteroatoms. The molecule has 0 radical (unpaired) electrons. The van der Waals surface area contributed by atoms with Crippen molar-refractivity contribution in [3.63, 3.8) is 0 Å². The molecule has 0 saturated carbocycles. The van der Waals surface area contributed by atoms with Gasteiger partial charge in [0.15, 0.2) is 5.82 Å². The Morgan fingerprint density at radius 2 is 2.20 bits per heavy atom. The second kappa shape index (κ2) is 6.63. The van der Waals surface area contributed by atoms with Crippen LogP contribution in [0.4, 0.5) is 0 Å². The molecule has 106 valence electrons. The molecule has 0 bridgehead atoms. The van der Waals surface area contributed by atoms with Gasteiger partial charge in [0.25, 0.3) is 0 Å². The molecular weight excluding hydrogens is 254 g/mol. The molecule has 1 aromatic carbocycles. The van der Waals surface area contributed by atoms with E-state index in [2.05, 4.69) is 27.6 Å². The molecule has 1 N–H and O–H groups in total. The zero-order valence-electron chi connectivity index (χ0n) is 11.4. The summed E-state index contributed by atoms with van der Waals surface area (Å²) >= 11 is 0. The molecule has 20 heavy (non-hydrogen) atoms. The molecule has 2 aromatic rings. The van der Waals surface area contributed by atoms with E-state index in [9.17, 15) is 0 Å². The van der Waals surface area contributed by atoms with Gasteiger partial charge in [-0.15, -0.1) is 0 Å². The molecule has 0 spiro atoms. The minimum atomic E-state index is 0.237.